The summed E-state index contributed by atoms with van der Waals surface area (Å²) in [6, 6.07) is 4.57. The average Bonchev–Trinajstić information content (AvgIpc) is 3.10. The number of anilines is 1. The van der Waals surface area contributed by atoms with Crippen LogP contribution in [-0.2, 0) is 0 Å². The zero-order chi connectivity index (χ0) is 14.2. The monoisotopic (exact) mass is 287 g/mol. The number of aliphatic hydroxyl groups excluding tert-OH is 1. The molecule has 6 nitrogen and oxygen atoms in total. The second kappa shape index (κ2) is 5.26. The van der Waals surface area contributed by atoms with Crippen LogP contribution >= 0.6 is 0 Å². The van der Waals surface area contributed by atoms with E-state index in [4.69, 9.17) is 10.2 Å². The summed E-state index contributed by atoms with van der Waals surface area (Å²) in [5.41, 5.74) is 0.840. The van der Waals surface area contributed by atoms with Gasteiger partial charge < -0.3 is 10.0 Å². The average molecular weight is 287 g/mol. The molecule has 112 valence electrons. The predicted molar refractivity (Wildman–Crippen MR) is 79.4 cm³/mol. The van der Waals surface area contributed by atoms with Gasteiger partial charge in [0.15, 0.2) is 11.5 Å². The molecular formula is C15H21N5O. The van der Waals surface area contributed by atoms with Crippen molar-refractivity contribution in [1.29, 1.82) is 0 Å². The first-order chi connectivity index (χ1) is 10.4. The van der Waals surface area contributed by atoms with Gasteiger partial charge in [0, 0.05) is 25.1 Å². The van der Waals surface area contributed by atoms with Gasteiger partial charge in [-0.15, -0.1) is 15.3 Å². The van der Waals surface area contributed by atoms with Crippen LogP contribution in [0.15, 0.2) is 12.1 Å². The Balaban J connectivity index is 1.64. The molecule has 1 aliphatic heterocycles. The van der Waals surface area contributed by atoms with E-state index >= 15 is 0 Å². The highest BCUT2D eigenvalue weighted by atomic mass is 16.2. The minimum Gasteiger partial charge on any atom is -0.396 e. The molecule has 1 atom stereocenters. The highest BCUT2D eigenvalue weighted by Crippen LogP contribution is 2.39. The molecule has 0 radical (unpaired) electrons. The third-order valence-electron chi connectivity index (χ3n) is 4.58. The first-order valence-electron chi connectivity index (χ1n) is 7.96. The lowest BCUT2D eigenvalue weighted by atomic mass is 10.1. The zero-order valence-corrected chi connectivity index (χ0v) is 12.1. The molecule has 6 heteroatoms. The van der Waals surface area contributed by atoms with E-state index in [1.54, 1.807) is 0 Å². The van der Waals surface area contributed by atoms with Crippen molar-refractivity contribution < 1.29 is 5.11 Å². The summed E-state index contributed by atoms with van der Waals surface area (Å²) in [7, 11) is 0. The van der Waals surface area contributed by atoms with E-state index in [-0.39, 0.29) is 6.61 Å². The maximum Gasteiger partial charge on any atom is 0.178 e. The first kappa shape index (κ1) is 13.0. The molecule has 0 unspecified atom stereocenters. The van der Waals surface area contributed by atoms with Crippen LogP contribution in [0, 0.1) is 0 Å². The molecule has 2 aliphatic rings. The van der Waals surface area contributed by atoms with Crippen molar-refractivity contribution in [3.63, 3.8) is 0 Å². The predicted octanol–water partition coefficient (Wildman–Crippen LogP) is 1.74. The molecule has 2 aromatic heterocycles. The van der Waals surface area contributed by atoms with Crippen molar-refractivity contribution in [2.75, 3.05) is 18.1 Å². The second-order valence-electron chi connectivity index (χ2n) is 6.15. The van der Waals surface area contributed by atoms with Gasteiger partial charge in [0.25, 0.3) is 0 Å². The number of nitrogens with zero attached hydrogens (tertiary/aromatic N) is 5. The van der Waals surface area contributed by atoms with Crippen molar-refractivity contribution in [3.05, 3.63) is 18.0 Å². The number of aromatic nitrogens is 4. The Labute approximate surface area is 123 Å². The fourth-order valence-corrected chi connectivity index (χ4v) is 3.31. The quantitative estimate of drug-likeness (QED) is 0.907. The lowest BCUT2D eigenvalue weighted by molar-refractivity contribution is 0.279. The molecule has 3 heterocycles. The van der Waals surface area contributed by atoms with E-state index in [0.717, 1.165) is 36.7 Å². The Morgan fingerprint density at radius 1 is 1.19 bits per heavy atom. The Hall–Kier alpha value is -1.69. The van der Waals surface area contributed by atoms with Crippen LogP contribution in [-0.4, -0.2) is 44.1 Å². The van der Waals surface area contributed by atoms with Gasteiger partial charge in [0.05, 0.1) is 0 Å². The summed E-state index contributed by atoms with van der Waals surface area (Å²) < 4.78 is 1.93. The van der Waals surface area contributed by atoms with E-state index in [9.17, 15) is 0 Å². The molecule has 1 saturated heterocycles. The third kappa shape index (κ3) is 2.37. The van der Waals surface area contributed by atoms with E-state index < -0.39 is 0 Å². The van der Waals surface area contributed by atoms with Gasteiger partial charge in [-0.2, -0.15) is 4.52 Å². The fraction of sp³-hybridized carbons (Fsp3) is 0.667. The van der Waals surface area contributed by atoms with Crippen molar-refractivity contribution in [1.82, 2.24) is 19.8 Å². The minimum atomic E-state index is 0.272. The molecule has 0 amide bonds. The Morgan fingerprint density at radius 3 is 2.90 bits per heavy atom. The summed E-state index contributed by atoms with van der Waals surface area (Å²) in [4.78, 5) is 2.38. The van der Waals surface area contributed by atoms with Gasteiger partial charge in [-0.05, 0) is 50.7 Å². The molecule has 1 N–H and O–H groups in total. The minimum absolute atomic E-state index is 0.272. The van der Waals surface area contributed by atoms with Crippen molar-refractivity contribution >= 4 is 11.5 Å². The Bertz CT molecular complexity index is 636. The summed E-state index contributed by atoms with van der Waals surface area (Å²) in [5, 5.41) is 22.3. The number of hydrogen-bond donors (Lipinski definition) is 1. The number of hydrogen-bond acceptors (Lipinski definition) is 5. The zero-order valence-electron chi connectivity index (χ0n) is 12.1. The van der Waals surface area contributed by atoms with Crippen molar-refractivity contribution in [3.8, 4) is 0 Å². The third-order valence-corrected chi connectivity index (χ3v) is 4.58. The van der Waals surface area contributed by atoms with E-state index in [1.165, 1.54) is 25.7 Å². The maximum absolute atomic E-state index is 9.05. The van der Waals surface area contributed by atoms with Crippen LogP contribution < -0.4 is 4.90 Å². The summed E-state index contributed by atoms with van der Waals surface area (Å²) >= 11 is 0. The largest absolute Gasteiger partial charge is 0.396 e. The lowest BCUT2D eigenvalue weighted by Gasteiger charge is -2.25. The van der Waals surface area contributed by atoms with E-state index in [0.29, 0.717) is 12.0 Å². The molecule has 2 aromatic rings. The molecule has 0 bridgehead atoms. The van der Waals surface area contributed by atoms with Crippen LogP contribution in [0.25, 0.3) is 5.65 Å². The number of rotatable bonds is 5. The van der Waals surface area contributed by atoms with Gasteiger partial charge in [-0.25, -0.2) is 0 Å². The van der Waals surface area contributed by atoms with Crippen LogP contribution in [0.4, 0.5) is 5.82 Å². The molecule has 2 fully saturated rings. The SMILES string of the molecule is OCCC[C@H]1CCCN1c1ccc2nnc(C3CC3)n2n1. The smallest absolute Gasteiger partial charge is 0.178 e. The molecule has 1 saturated carbocycles. The van der Waals surface area contributed by atoms with Crippen LogP contribution in [0.5, 0.6) is 0 Å². The molecule has 21 heavy (non-hydrogen) atoms. The summed E-state index contributed by atoms with van der Waals surface area (Å²) in [6.45, 7) is 1.32. The van der Waals surface area contributed by atoms with E-state index in [1.807, 2.05) is 10.6 Å². The molecule has 0 aromatic carbocycles. The van der Waals surface area contributed by atoms with Gasteiger partial charge in [-0.3, -0.25) is 0 Å². The topological polar surface area (TPSA) is 66.5 Å². The standard InChI is InChI=1S/C15H21N5O/c21-10-2-4-12-3-1-9-19(12)14-8-7-13-16-17-15(11-5-6-11)20(13)18-14/h7-8,11-12,21H,1-6,9-10H2/t12-/m1/s1. The normalized spacial score (nSPS) is 22.3. The molecular weight excluding hydrogens is 266 g/mol. The second-order valence-corrected chi connectivity index (χ2v) is 6.15. The molecule has 0 spiro atoms. The van der Waals surface area contributed by atoms with Crippen LogP contribution in [0.3, 0.4) is 0 Å². The van der Waals surface area contributed by atoms with Crippen LogP contribution in [0.2, 0.25) is 0 Å². The summed E-state index contributed by atoms with van der Waals surface area (Å²) in [5.74, 6) is 2.58. The maximum atomic E-state index is 9.05. The molecule has 1 aliphatic carbocycles. The summed E-state index contributed by atoms with van der Waals surface area (Å²) in [6.07, 6.45) is 6.70. The van der Waals surface area contributed by atoms with Gasteiger partial charge in [-0.1, -0.05) is 0 Å². The fourth-order valence-electron chi connectivity index (χ4n) is 3.31. The Kier molecular flexibility index (Phi) is 3.25. The van der Waals surface area contributed by atoms with E-state index in [2.05, 4.69) is 21.2 Å². The highest BCUT2D eigenvalue weighted by molar-refractivity contribution is 5.47. The highest BCUT2D eigenvalue weighted by Gasteiger charge is 2.30. The lowest BCUT2D eigenvalue weighted by Crippen LogP contribution is -2.30. The number of aliphatic hydroxyl groups is 1. The Morgan fingerprint density at radius 2 is 2.10 bits per heavy atom. The van der Waals surface area contributed by atoms with Gasteiger partial charge in [0.1, 0.15) is 5.82 Å². The van der Waals surface area contributed by atoms with Gasteiger partial charge >= 0.3 is 0 Å². The van der Waals surface area contributed by atoms with Crippen molar-refractivity contribution in [2.24, 2.45) is 0 Å². The van der Waals surface area contributed by atoms with Crippen LogP contribution in [0.1, 0.15) is 50.3 Å². The van der Waals surface area contributed by atoms with Crippen molar-refractivity contribution in [2.45, 2.75) is 50.5 Å². The number of fused-ring (bicyclic) bond motifs is 1. The first-order valence-corrected chi connectivity index (χ1v) is 7.96. The molecule has 4 rings (SSSR count). The van der Waals surface area contributed by atoms with Gasteiger partial charge in [0.2, 0.25) is 0 Å².